The smallest absolute Gasteiger partial charge is 0.108 e. The van der Waals surface area contributed by atoms with E-state index in [0.29, 0.717) is 12.0 Å². The molecule has 0 N–H and O–H groups in total. The monoisotopic (exact) mass is 252 g/mol. The van der Waals surface area contributed by atoms with E-state index in [2.05, 4.69) is 52.2 Å². The van der Waals surface area contributed by atoms with Crippen LogP contribution < -0.4 is 0 Å². The molecule has 2 unspecified atom stereocenters. The van der Waals surface area contributed by atoms with E-state index in [0.717, 1.165) is 4.62 Å². The predicted molar refractivity (Wildman–Crippen MR) is 62.5 cm³/mol. The van der Waals surface area contributed by atoms with Crippen molar-refractivity contribution in [3.05, 3.63) is 35.9 Å². The molecule has 0 bridgehead atoms. The molecule has 1 heterocycles. The van der Waals surface area contributed by atoms with E-state index in [1.54, 1.807) is 0 Å². The highest BCUT2D eigenvalue weighted by molar-refractivity contribution is 9.18. The Morgan fingerprint density at radius 1 is 1.29 bits per heavy atom. The SMILES string of the molecule is CC1C(Br)=NN(C)C1c1ccccc1. The van der Waals surface area contributed by atoms with Gasteiger partial charge in [0.2, 0.25) is 0 Å². The first-order valence-corrected chi connectivity index (χ1v) is 5.51. The van der Waals surface area contributed by atoms with Crippen LogP contribution in [-0.2, 0) is 0 Å². The second kappa shape index (κ2) is 3.73. The molecule has 1 aliphatic rings. The topological polar surface area (TPSA) is 15.6 Å². The first-order chi connectivity index (χ1) is 6.70. The average Bonchev–Trinajstić information content (AvgIpc) is 2.43. The van der Waals surface area contributed by atoms with E-state index >= 15 is 0 Å². The molecule has 0 aromatic heterocycles. The van der Waals surface area contributed by atoms with Gasteiger partial charge in [-0.2, -0.15) is 5.10 Å². The number of halogens is 1. The normalized spacial score (nSPS) is 26.5. The van der Waals surface area contributed by atoms with Crippen LogP contribution in [0.3, 0.4) is 0 Å². The lowest BCUT2D eigenvalue weighted by Gasteiger charge is -2.22. The van der Waals surface area contributed by atoms with Crippen LogP contribution in [0.25, 0.3) is 0 Å². The number of hydrogen-bond acceptors (Lipinski definition) is 2. The minimum absolute atomic E-state index is 0.366. The summed E-state index contributed by atoms with van der Waals surface area (Å²) in [6.45, 7) is 2.19. The summed E-state index contributed by atoms with van der Waals surface area (Å²) in [5.74, 6) is 0.433. The minimum Gasteiger partial charge on any atom is -0.291 e. The molecule has 0 radical (unpaired) electrons. The first-order valence-electron chi connectivity index (χ1n) is 4.72. The molecular formula is C11H13BrN2. The van der Waals surface area contributed by atoms with Crippen LogP contribution in [0.2, 0.25) is 0 Å². The molecule has 0 saturated carbocycles. The van der Waals surface area contributed by atoms with Crippen LogP contribution in [0.15, 0.2) is 35.4 Å². The largest absolute Gasteiger partial charge is 0.291 e. The molecule has 3 heteroatoms. The number of nitrogens with zero attached hydrogens (tertiary/aromatic N) is 2. The molecule has 0 aliphatic carbocycles. The van der Waals surface area contributed by atoms with E-state index in [9.17, 15) is 0 Å². The molecule has 2 nitrogen and oxygen atoms in total. The summed E-state index contributed by atoms with van der Waals surface area (Å²) in [6.07, 6.45) is 0. The van der Waals surface area contributed by atoms with Gasteiger partial charge in [0.15, 0.2) is 0 Å². The first kappa shape index (κ1) is 9.71. The fourth-order valence-corrected chi connectivity index (χ4v) is 2.41. The van der Waals surface area contributed by atoms with Gasteiger partial charge in [-0.15, -0.1) is 0 Å². The van der Waals surface area contributed by atoms with Crippen LogP contribution in [0.5, 0.6) is 0 Å². The van der Waals surface area contributed by atoms with E-state index < -0.39 is 0 Å². The maximum Gasteiger partial charge on any atom is 0.108 e. The van der Waals surface area contributed by atoms with Crippen molar-refractivity contribution in [3.63, 3.8) is 0 Å². The van der Waals surface area contributed by atoms with Crippen molar-refractivity contribution < 1.29 is 0 Å². The summed E-state index contributed by atoms with van der Waals surface area (Å²) in [5.41, 5.74) is 1.32. The Bertz CT molecular complexity index is 348. The molecule has 0 saturated heterocycles. The molecule has 0 amide bonds. The summed E-state index contributed by atoms with van der Waals surface area (Å²) in [6, 6.07) is 10.9. The van der Waals surface area contributed by atoms with Crippen molar-refractivity contribution in [1.82, 2.24) is 5.01 Å². The fourth-order valence-electron chi connectivity index (χ4n) is 1.91. The van der Waals surface area contributed by atoms with Crippen molar-refractivity contribution >= 4 is 20.6 Å². The Hall–Kier alpha value is -0.830. The van der Waals surface area contributed by atoms with Crippen LogP contribution in [0.1, 0.15) is 18.5 Å². The Labute approximate surface area is 92.7 Å². The molecule has 1 aromatic rings. The zero-order chi connectivity index (χ0) is 10.1. The lowest BCUT2D eigenvalue weighted by molar-refractivity contribution is 0.257. The molecule has 14 heavy (non-hydrogen) atoms. The van der Waals surface area contributed by atoms with Gasteiger partial charge in [0.1, 0.15) is 4.62 Å². The maximum atomic E-state index is 4.39. The van der Waals surface area contributed by atoms with Crippen molar-refractivity contribution in [2.45, 2.75) is 13.0 Å². The van der Waals surface area contributed by atoms with Crippen LogP contribution in [-0.4, -0.2) is 16.7 Å². The quantitative estimate of drug-likeness (QED) is 0.751. The van der Waals surface area contributed by atoms with Crippen LogP contribution >= 0.6 is 15.9 Å². The van der Waals surface area contributed by atoms with Crippen molar-refractivity contribution in [3.8, 4) is 0 Å². The Morgan fingerprint density at radius 2 is 1.93 bits per heavy atom. The molecule has 1 aliphatic heterocycles. The highest BCUT2D eigenvalue weighted by atomic mass is 79.9. The fraction of sp³-hybridized carbons (Fsp3) is 0.364. The highest BCUT2D eigenvalue weighted by Gasteiger charge is 2.31. The van der Waals surface area contributed by atoms with Gasteiger partial charge < -0.3 is 0 Å². The molecule has 1 aromatic carbocycles. The van der Waals surface area contributed by atoms with Gasteiger partial charge >= 0.3 is 0 Å². The standard InChI is InChI=1S/C11H13BrN2/c1-8-10(14(2)13-11(8)12)9-6-4-3-5-7-9/h3-8,10H,1-2H3. The maximum absolute atomic E-state index is 4.39. The van der Waals surface area contributed by atoms with Crippen LogP contribution in [0, 0.1) is 5.92 Å². The highest BCUT2D eigenvalue weighted by Crippen LogP contribution is 2.35. The van der Waals surface area contributed by atoms with Crippen LogP contribution in [0.4, 0.5) is 0 Å². The Balaban J connectivity index is 2.30. The molecule has 74 valence electrons. The van der Waals surface area contributed by atoms with E-state index in [-0.39, 0.29) is 0 Å². The molecule has 2 atom stereocenters. The Morgan fingerprint density at radius 3 is 2.43 bits per heavy atom. The summed E-state index contributed by atoms with van der Waals surface area (Å²) in [7, 11) is 2.02. The van der Waals surface area contributed by atoms with Gasteiger partial charge in [-0.05, 0) is 21.5 Å². The van der Waals surface area contributed by atoms with Gasteiger partial charge in [0.25, 0.3) is 0 Å². The van der Waals surface area contributed by atoms with E-state index in [4.69, 9.17) is 0 Å². The Kier molecular flexibility index (Phi) is 2.59. The van der Waals surface area contributed by atoms with Crippen molar-refractivity contribution in [2.75, 3.05) is 7.05 Å². The number of rotatable bonds is 1. The lowest BCUT2D eigenvalue weighted by atomic mass is 9.96. The number of benzene rings is 1. The predicted octanol–water partition coefficient (Wildman–Crippen LogP) is 3.02. The number of hydrogen-bond donors (Lipinski definition) is 0. The summed E-state index contributed by atoms with van der Waals surface area (Å²) >= 11 is 3.49. The van der Waals surface area contributed by atoms with Gasteiger partial charge in [-0.1, -0.05) is 37.3 Å². The van der Waals surface area contributed by atoms with E-state index in [1.807, 2.05) is 18.1 Å². The van der Waals surface area contributed by atoms with Crippen molar-refractivity contribution in [1.29, 1.82) is 0 Å². The second-order valence-electron chi connectivity index (χ2n) is 3.64. The molecule has 0 spiro atoms. The lowest BCUT2D eigenvalue weighted by Crippen LogP contribution is -2.19. The second-order valence-corrected chi connectivity index (χ2v) is 4.45. The summed E-state index contributed by atoms with van der Waals surface area (Å²) in [5, 5.41) is 6.41. The van der Waals surface area contributed by atoms with Gasteiger partial charge in [-0.25, -0.2) is 0 Å². The third-order valence-corrected chi connectivity index (χ3v) is 3.53. The zero-order valence-electron chi connectivity index (χ0n) is 8.31. The van der Waals surface area contributed by atoms with Gasteiger partial charge in [0.05, 0.1) is 6.04 Å². The average molecular weight is 253 g/mol. The third-order valence-electron chi connectivity index (χ3n) is 2.65. The number of hydrazone groups is 1. The molecular weight excluding hydrogens is 240 g/mol. The summed E-state index contributed by atoms with van der Waals surface area (Å²) < 4.78 is 1.04. The molecule has 0 fully saturated rings. The van der Waals surface area contributed by atoms with Gasteiger partial charge in [0, 0.05) is 13.0 Å². The van der Waals surface area contributed by atoms with Gasteiger partial charge in [-0.3, -0.25) is 5.01 Å². The molecule has 2 rings (SSSR count). The van der Waals surface area contributed by atoms with E-state index in [1.165, 1.54) is 5.56 Å². The minimum atomic E-state index is 0.366. The zero-order valence-corrected chi connectivity index (χ0v) is 9.90. The summed E-state index contributed by atoms with van der Waals surface area (Å²) in [4.78, 5) is 0. The van der Waals surface area contributed by atoms with Crippen molar-refractivity contribution in [2.24, 2.45) is 11.0 Å². The third kappa shape index (κ3) is 1.57.